The second-order valence-electron chi connectivity index (χ2n) is 5.99. The van der Waals surface area contributed by atoms with E-state index in [0.29, 0.717) is 16.7 Å². The van der Waals surface area contributed by atoms with E-state index in [9.17, 15) is 8.78 Å². The predicted octanol–water partition coefficient (Wildman–Crippen LogP) is 5.14. The van der Waals surface area contributed by atoms with Crippen molar-refractivity contribution in [2.75, 3.05) is 14.2 Å². The van der Waals surface area contributed by atoms with Crippen molar-refractivity contribution in [1.82, 2.24) is 0 Å². The summed E-state index contributed by atoms with van der Waals surface area (Å²) in [5.74, 6) is -1.91. The first kappa shape index (κ1) is 25.2. The van der Waals surface area contributed by atoms with Gasteiger partial charge in [0.25, 0.3) is 6.47 Å². The summed E-state index contributed by atoms with van der Waals surface area (Å²) in [5.41, 5.74) is 3.75. The van der Waals surface area contributed by atoms with Crippen LogP contribution in [0.2, 0.25) is 0 Å². The van der Waals surface area contributed by atoms with Crippen molar-refractivity contribution in [2.45, 2.75) is 27.4 Å². The summed E-state index contributed by atoms with van der Waals surface area (Å²) in [6.45, 7) is 5.87. The van der Waals surface area contributed by atoms with E-state index in [-0.39, 0.29) is 17.9 Å². The fourth-order valence-corrected chi connectivity index (χ4v) is 2.91. The number of aryl methyl sites for hydroxylation is 1. The van der Waals surface area contributed by atoms with Gasteiger partial charge in [-0.2, -0.15) is 0 Å². The van der Waals surface area contributed by atoms with Gasteiger partial charge in [-0.05, 0) is 38.5 Å². The fraction of sp³-hybridized carbons (Fsp3) is 0.286. The molecule has 0 aliphatic rings. The van der Waals surface area contributed by atoms with Gasteiger partial charge in [-0.1, -0.05) is 44.4 Å². The van der Waals surface area contributed by atoms with Gasteiger partial charge in [0.2, 0.25) is 0 Å². The molecule has 2 aromatic rings. The molecule has 2 rings (SSSR count). The Morgan fingerprint density at radius 2 is 1.73 bits per heavy atom. The van der Waals surface area contributed by atoms with Crippen LogP contribution in [0.3, 0.4) is 0 Å². The quantitative estimate of drug-likeness (QED) is 0.236. The van der Waals surface area contributed by atoms with Crippen LogP contribution in [0.25, 0.3) is 0 Å². The van der Waals surface area contributed by atoms with Crippen molar-refractivity contribution < 1.29 is 28.0 Å². The molecule has 0 aliphatic heterocycles. The van der Waals surface area contributed by atoms with Crippen LogP contribution in [0.15, 0.2) is 45.1 Å². The minimum atomic E-state index is -0.960. The molecule has 0 N–H and O–H groups in total. The molecular weight excluding hydrogens is 462 g/mol. The van der Waals surface area contributed by atoms with E-state index < -0.39 is 11.6 Å². The highest BCUT2D eigenvalue weighted by Crippen LogP contribution is 2.21. The third-order valence-electron chi connectivity index (χ3n) is 3.92. The predicted molar refractivity (Wildman–Crippen MR) is 115 cm³/mol. The summed E-state index contributed by atoms with van der Waals surface area (Å²) in [6, 6.07) is 8.28. The standard InChI is InChI=1S/C19H19BrF2N2O2.C2H4O2/c1-11-6-5-7-15(12(2)23-25-4)17(11)10-26-24-13(3)16-8-14(20)9-18(21)19(16)22;1-4-2-3/h5-9H,10H2,1-4H3;2H,1H3/b23-12-,24-13+;. The van der Waals surface area contributed by atoms with Crippen LogP contribution < -0.4 is 0 Å². The number of hydrogen-bond donors (Lipinski definition) is 0. The van der Waals surface area contributed by atoms with Crippen LogP contribution in [0.5, 0.6) is 0 Å². The molecule has 0 saturated carbocycles. The minimum absolute atomic E-state index is 0.0407. The van der Waals surface area contributed by atoms with Crippen molar-refractivity contribution in [2.24, 2.45) is 10.3 Å². The molecule has 9 heteroatoms. The first-order valence-electron chi connectivity index (χ1n) is 8.71. The normalized spacial score (nSPS) is 11.3. The summed E-state index contributed by atoms with van der Waals surface area (Å²) in [6.07, 6.45) is 0. The lowest BCUT2D eigenvalue weighted by Gasteiger charge is -2.12. The number of oxime groups is 2. The maximum Gasteiger partial charge on any atom is 0.292 e. The number of methoxy groups -OCH3 is 1. The Bertz CT molecular complexity index is 933. The van der Waals surface area contributed by atoms with Gasteiger partial charge in [0, 0.05) is 21.2 Å². The first-order chi connectivity index (χ1) is 14.3. The molecule has 0 fully saturated rings. The van der Waals surface area contributed by atoms with Gasteiger partial charge in [0.15, 0.2) is 11.6 Å². The van der Waals surface area contributed by atoms with E-state index in [1.54, 1.807) is 6.92 Å². The fourth-order valence-electron chi connectivity index (χ4n) is 2.48. The average Bonchev–Trinajstić information content (AvgIpc) is 2.71. The molecule has 0 aliphatic carbocycles. The lowest BCUT2D eigenvalue weighted by molar-refractivity contribution is -0.126. The molecule has 0 amide bonds. The molecule has 2 aromatic carbocycles. The van der Waals surface area contributed by atoms with Crippen LogP contribution in [0, 0.1) is 18.6 Å². The minimum Gasteiger partial charge on any atom is -0.471 e. The molecule has 0 radical (unpaired) electrons. The van der Waals surface area contributed by atoms with E-state index in [1.165, 1.54) is 20.3 Å². The molecule has 0 heterocycles. The number of hydrogen-bond acceptors (Lipinski definition) is 6. The Morgan fingerprint density at radius 1 is 1.10 bits per heavy atom. The van der Waals surface area contributed by atoms with E-state index in [2.05, 4.69) is 31.0 Å². The second kappa shape index (κ2) is 12.7. The van der Waals surface area contributed by atoms with Gasteiger partial charge >= 0.3 is 0 Å². The number of carbonyl (C=O) groups is 1. The Hall–Kier alpha value is -2.81. The zero-order valence-corrected chi connectivity index (χ0v) is 18.9. The third-order valence-corrected chi connectivity index (χ3v) is 4.38. The molecule has 0 saturated heterocycles. The number of benzene rings is 2. The monoisotopic (exact) mass is 484 g/mol. The topological polar surface area (TPSA) is 69.5 Å². The van der Waals surface area contributed by atoms with Crippen molar-refractivity contribution in [3.63, 3.8) is 0 Å². The van der Waals surface area contributed by atoms with Crippen LogP contribution in [-0.2, 0) is 25.8 Å². The van der Waals surface area contributed by atoms with Crippen molar-refractivity contribution in [3.8, 4) is 0 Å². The average molecular weight is 485 g/mol. The lowest BCUT2D eigenvalue weighted by atomic mass is 10.00. The van der Waals surface area contributed by atoms with Gasteiger partial charge in [-0.3, -0.25) is 4.79 Å². The van der Waals surface area contributed by atoms with Gasteiger partial charge in [-0.15, -0.1) is 0 Å². The number of rotatable bonds is 7. The summed E-state index contributed by atoms with van der Waals surface area (Å²) in [4.78, 5) is 19.2. The highest BCUT2D eigenvalue weighted by Gasteiger charge is 2.14. The summed E-state index contributed by atoms with van der Waals surface area (Å²) >= 11 is 3.14. The Balaban J connectivity index is 0.00000103. The third kappa shape index (κ3) is 7.22. The lowest BCUT2D eigenvalue weighted by Crippen LogP contribution is -2.06. The SMILES string of the molecule is CO/N=C(/C)c1cccc(C)c1CO/N=C(\C)c1cc(Br)cc(F)c1F.COC=O. The van der Waals surface area contributed by atoms with Gasteiger partial charge < -0.3 is 14.4 Å². The molecule has 0 unspecified atom stereocenters. The molecule has 0 aromatic heterocycles. The highest BCUT2D eigenvalue weighted by atomic mass is 79.9. The molecule has 162 valence electrons. The molecule has 6 nitrogen and oxygen atoms in total. The Kier molecular flexibility index (Phi) is 10.7. The van der Waals surface area contributed by atoms with E-state index in [4.69, 9.17) is 14.5 Å². The summed E-state index contributed by atoms with van der Waals surface area (Å²) < 4.78 is 31.8. The van der Waals surface area contributed by atoms with E-state index >= 15 is 0 Å². The zero-order valence-electron chi connectivity index (χ0n) is 17.3. The first-order valence-corrected chi connectivity index (χ1v) is 9.50. The van der Waals surface area contributed by atoms with Crippen LogP contribution in [-0.4, -0.2) is 32.1 Å². The van der Waals surface area contributed by atoms with Crippen LogP contribution in [0.1, 0.15) is 36.1 Å². The summed E-state index contributed by atoms with van der Waals surface area (Å²) in [5, 5.41) is 7.89. The largest absolute Gasteiger partial charge is 0.471 e. The van der Waals surface area contributed by atoms with Crippen molar-refractivity contribution in [3.05, 3.63) is 68.7 Å². The maximum atomic E-state index is 13.9. The maximum absolute atomic E-state index is 13.9. The molecule has 0 atom stereocenters. The van der Waals surface area contributed by atoms with Crippen LogP contribution >= 0.6 is 15.9 Å². The van der Waals surface area contributed by atoms with E-state index in [1.807, 2.05) is 32.0 Å². The zero-order chi connectivity index (χ0) is 22.7. The number of halogens is 3. The molecule has 0 bridgehead atoms. The van der Waals surface area contributed by atoms with Gasteiger partial charge in [0.05, 0.1) is 18.5 Å². The highest BCUT2D eigenvalue weighted by molar-refractivity contribution is 9.10. The summed E-state index contributed by atoms with van der Waals surface area (Å²) in [7, 11) is 2.79. The molecule has 0 spiro atoms. The molecular formula is C21H23BrF2N2O4. The number of carbonyl (C=O) groups excluding carboxylic acids is 1. The van der Waals surface area contributed by atoms with Gasteiger partial charge in [0.1, 0.15) is 13.7 Å². The Labute approximate surface area is 182 Å². The number of ether oxygens (including phenoxy) is 1. The van der Waals surface area contributed by atoms with Gasteiger partial charge in [-0.25, -0.2) is 8.78 Å². The second-order valence-corrected chi connectivity index (χ2v) is 6.91. The van der Waals surface area contributed by atoms with Crippen molar-refractivity contribution >= 4 is 33.8 Å². The molecule has 30 heavy (non-hydrogen) atoms. The number of nitrogens with zero attached hydrogens (tertiary/aromatic N) is 2. The van der Waals surface area contributed by atoms with Crippen LogP contribution in [0.4, 0.5) is 8.78 Å². The van der Waals surface area contributed by atoms with E-state index in [0.717, 1.165) is 22.8 Å². The van der Waals surface area contributed by atoms with Crippen molar-refractivity contribution in [1.29, 1.82) is 0 Å². The smallest absolute Gasteiger partial charge is 0.292 e. The Morgan fingerprint density at radius 3 is 2.33 bits per heavy atom.